The van der Waals surface area contributed by atoms with E-state index in [-0.39, 0.29) is 0 Å². The molecule has 2 aliphatic carbocycles. The number of sulfone groups is 1. The fourth-order valence-corrected chi connectivity index (χ4v) is 4.46. The average Bonchev–Trinajstić information content (AvgIpc) is 2.74. The first-order valence-corrected chi connectivity index (χ1v) is 8.33. The van der Waals surface area contributed by atoms with Crippen molar-refractivity contribution >= 4 is 9.84 Å². The van der Waals surface area contributed by atoms with Crippen LogP contribution in [0.1, 0.15) is 64.2 Å². The quantitative estimate of drug-likeness (QED) is 0.743. The molecule has 0 amide bonds. The van der Waals surface area contributed by atoms with Crippen molar-refractivity contribution in [3.63, 3.8) is 0 Å². The molecule has 0 aromatic carbocycles. The second-order valence-corrected chi connectivity index (χ2v) is 7.10. The summed E-state index contributed by atoms with van der Waals surface area (Å²) in [4.78, 5) is 1.39. The van der Waals surface area contributed by atoms with Gasteiger partial charge in [-0.1, -0.05) is 25.0 Å². The fraction of sp³-hybridized carbons (Fsp3) is 0.714. The molecule has 0 saturated carbocycles. The maximum Gasteiger partial charge on any atom is 0.198 e. The van der Waals surface area contributed by atoms with Crippen molar-refractivity contribution in [1.82, 2.24) is 0 Å². The highest BCUT2D eigenvalue weighted by Crippen LogP contribution is 2.31. The van der Waals surface area contributed by atoms with Crippen molar-refractivity contribution < 1.29 is 8.42 Å². The van der Waals surface area contributed by atoms with Crippen LogP contribution in [0.3, 0.4) is 0 Å². The molecule has 3 heteroatoms. The number of hydrogen-bond acceptors (Lipinski definition) is 2. The second-order valence-electron chi connectivity index (χ2n) is 5.04. The molecule has 0 bridgehead atoms. The Hall–Kier alpha value is -0.570. The van der Waals surface area contributed by atoms with Crippen LogP contribution in [0.4, 0.5) is 0 Å². The lowest BCUT2D eigenvalue weighted by atomic mass is 10.2. The molecule has 0 saturated heterocycles. The van der Waals surface area contributed by atoms with Crippen LogP contribution in [0.2, 0.25) is 0 Å². The maximum atomic E-state index is 12.5. The molecule has 0 aromatic heterocycles. The molecule has 0 atom stereocenters. The molecule has 2 aliphatic rings. The molecule has 0 fully saturated rings. The van der Waals surface area contributed by atoms with E-state index in [0.717, 1.165) is 64.2 Å². The van der Waals surface area contributed by atoms with Gasteiger partial charge in [-0.05, 0) is 51.4 Å². The molecule has 0 N–H and O–H groups in total. The third-order valence-corrected chi connectivity index (χ3v) is 5.81. The van der Waals surface area contributed by atoms with E-state index in [1.807, 2.05) is 12.2 Å². The predicted molar refractivity (Wildman–Crippen MR) is 71.3 cm³/mol. The molecule has 2 rings (SSSR count). The predicted octanol–water partition coefficient (Wildman–Crippen LogP) is 4.10. The Balaban J connectivity index is 2.21. The van der Waals surface area contributed by atoms with Gasteiger partial charge in [0.05, 0.1) is 0 Å². The number of rotatable bonds is 2. The Morgan fingerprint density at radius 1 is 0.706 bits per heavy atom. The van der Waals surface area contributed by atoms with Gasteiger partial charge in [-0.3, -0.25) is 0 Å². The van der Waals surface area contributed by atoms with E-state index >= 15 is 0 Å². The zero-order chi connectivity index (χ0) is 12.1. The molecule has 0 aliphatic heterocycles. The summed E-state index contributed by atoms with van der Waals surface area (Å²) in [7, 11) is -3.11. The lowest BCUT2D eigenvalue weighted by Crippen LogP contribution is -2.07. The third-order valence-electron chi connectivity index (χ3n) is 3.69. The molecule has 0 unspecified atom stereocenters. The summed E-state index contributed by atoms with van der Waals surface area (Å²) < 4.78 is 25.0. The minimum atomic E-state index is -3.11. The Morgan fingerprint density at radius 2 is 1.18 bits per heavy atom. The number of allylic oxidation sites excluding steroid dienone is 4. The Labute approximate surface area is 105 Å². The van der Waals surface area contributed by atoms with Gasteiger partial charge < -0.3 is 0 Å². The van der Waals surface area contributed by atoms with Gasteiger partial charge in [0.25, 0.3) is 0 Å². The van der Waals surface area contributed by atoms with Crippen molar-refractivity contribution in [2.45, 2.75) is 64.2 Å². The van der Waals surface area contributed by atoms with Gasteiger partial charge >= 0.3 is 0 Å². The van der Waals surface area contributed by atoms with Crippen LogP contribution in [0.15, 0.2) is 22.0 Å². The van der Waals surface area contributed by atoms with E-state index in [1.165, 1.54) is 0 Å². The molecule has 0 radical (unpaired) electrons. The van der Waals surface area contributed by atoms with E-state index in [0.29, 0.717) is 9.81 Å². The van der Waals surface area contributed by atoms with Crippen LogP contribution in [0, 0.1) is 0 Å². The number of hydrogen-bond donors (Lipinski definition) is 0. The molecule has 96 valence electrons. The Bertz CT molecular complexity index is 382. The smallest absolute Gasteiger partial charge is 0.198 e. The summed E-state index contributed by atoms with van der Waals surface area (Å²) in [5, 5.41) is 0. The van der Waals surface area contributed by atoms with Crippen LogP contribution in [0.5, 0.6) is 0 Å². The van der Waals surface area contributed by atoms with Crippen LogP contribution < -0.4 is 0 Å². The van der Waals surface area contributed by atoms with Gasteiger partial charge in [0, 0.05) is 9.81 Å². The van der Waals surface area contributed by atoms with Crippen molar-refractivity contribution in [3.05, 3.63) is 22.0 Å². The van der Waals surface area contributed by atoms with E-state index in [2.05, 4.69) is 0 Å². The summed E-state index contributed by atoms with van der Waals surface area (Å²) in [6.07, 6.45) is 13.9. The van der Waals surface area contributed by atoms with Crippen LogP contribution in [-0.4, -0.2) is 8.42 Å². The third kappa shape index (κ3) is 3.21. The zero-order valence-electron chi connectivity index (χ0n) is 10.5. The highest BCUT2D eigenvalue weighted by atomic mass is 32.2. The average molecular weight is 254 g/mol. The second kappa shape index (κ2) is 5.85. The van der Waals surface area contributed by atoms with Gasteiger partial charge in [0.1, 0.15) is 0 Å². The zero-order valence-corrected chi connectivity index (χ0v) is 11.3. The minimum Gasteiger partial charge on any atom is -0.219 e. The molecular formula is C14H22O2S. The summed E-state index contributed by atoms with van der Waals surface area (Å²) in [6, 6.07) is 0. The molecular weight excluding hydrogens is 232 g/mol. The van der Waals surface area contributed by atoms with Gasteiger partial charge in [0.2, 0.25) is 0 Å². The highest BCUT2D eigenvalue weighted by molar-refractivity contribution is 7.98. The van der Waals surface area contributed by atoms with Crippen molar-refractivity contribution in [1.29, 1.82) is 0 Å². The highest BCUT2D eigenvalue weighted by Gasteiger charge is 2.23. The van der Waals surface area contributed by atoms with Crippen LogP contribution >= 0.6 is 0 Å². The Morgan fingerprint density at radius 3 is 1.65 bits per heavy atom. The molecule has 0 heterocycles. The molecule has 0 aromatic rings. The van der Waals surface area contributed by atoms with Crippen LogP contribution in [-0.2, 0) is 9.84 Å². The van der Waals surface area contributed by atoms with Gasteiger partial charge in [0.15, 0.2) is 9.84 Å². The van der Waals surface area contributed by atoms with E-state index in [1.54, 1.807) is 0 Å². The lowest BCUT2D eigenvalue weighted by molar-refractivity contribution is 0.601. The van der Waals surface area contributed by atoms with Crippen LogP contribution in [0.25, 0.3) is 0 Å². The first-order valence-electron chi connectivity index (χ1n) is 6.84. The normalized spacial score (nSPS) is 23.3. The van der Waals surface area contributed by atoms with E-state index in [4.69, 9.17) is 0 Å². The van der Waals surface area contributed by atoms with E-state index < -0.39 is 9.84 Å². The molecule has 17 heavy (non-hydrogen) atoms. The van der Waals surface area contributed by atoms with Gasteiger partial charge in [-0.25, -0.2) is 8.42 Å². The van der Waals surface area contributed by atoms with Crippen molar-refractivity contribution in [3.8, 4) is 0 Å². The largest absolute Gasteiger partial charge is 0.219 e. The Kier molecular flexibility index (Phi) is 4.43. The summed E-state index contributed by atoms with van der Waals surface area (Å²) in [5.41, 5.74) is 0. The molecule has 0 spiro atoms. The molecule has 2 nitrogen and oxygen atoms in total. The maximum absolute atomic E-state index is 12.5. The summed E-state index contributed by atoms with van der Waals surface area (Å²) in [6.45, 7) is 0. The lowest BCUT2D eigenvalue weighted by Gasteiger charge is -2.10. The van der Waals surface area contributed by atoms with Crippen molar-refractivity contribution in [2.75, 3.05) is 0 Å². The minimum absolute atomic E-state index is 0.697. The summed E-state index contributed by atoms with van der Waals surface area (Å²) in [5.74, 6) is 0. The summed E-state index contributed by atoms with van der Waals surface area (Å²) >= 11 is 0. The van der Waals surface area contributed by atoms with Crippen molar-refractivity contribution in [2.24, 2.45) is 0 Å². The van der Waals surface area contributed by atoms with E-state index in [9.17, 15) is 8.42 Å². The standard InChI is InChI=1S/C14H22O2S/c15-17(16,13-9-5-1-2-6-10-13)14-11-7-3-4-8-12-14/h9,11H,1-8,10,12H2. The first-order chi connectivity index (χ1) is 8.21. The fourth-order valence-electron chi connectivity index (χ4n) is 2.63. The monoisotopic (exact) mass is 254 g/mol. The van der Waals surface area contributed by atoms with Gasteiger partial charge in [-0.2, -0.15) is 0 Å². The SMILES string of the molecule is O=S(=O)(C1=CCCCCC1)C1=CCCCCC1. The topological polar surface area (TPSA) is 34.1 Å². The van der Waals surface area contributed by atoms with Gasteiger partial charge in [-0.15, -0.1) is 0 Å². The first kappa shape index (κ1) is 12.9.